The molecule has 0 radical (unpaired) electrons. The summed E-state index contributed by atoms with van der Waals surface area (Å²) in [6.07, 6.45) is 0.984. The predicted molar refractivity (Wildman–Crippen MR) is 125 cm³/mol. The van der Waals surface area contributed by atoms with Crippen LogP contribution in [0.1, 0.15) is 38.2 Å². The van der Waals surface area contributed by atoms with E-state index in [0.717, 1.165) is 11.4 Å². The van der Waals surface area contributed by atoms with Crippen LogP contribution in [-0.4, -0.2) is 25.1 Å². The number of aromatic hydroxyl groups is 1. The molecule has 2 aromatic carbocycles. The Balaban J connectivity index is 1.97. The third-order valence-electron chi connectivity index (χ3n) is 6.25. The number of methoxy groups -OCH3 is 2. The number of rotatable bonds is 4. The number of benzene rings is 2. The van der Waals surface area contributed by atoms with Crippen molar-refractivity contribution < 1.29 is 19.4 Å². The lowest BCUT2D eigenvalue weighted by Crippen LogP contribution is -2.42. The van der Waals surface area contributed by atoms with Crippen LogP contribution < -0.4 is 20.1 Å². The Bertz CT molecular complexity index is 1220. The number of phenols is 1. The van der Waals surface area contributed by atoms with E-state index in [0.29, 0.717) is 29.7 Å². The topological polar surface area (TPSA) is 109 Å². The third-order valence-corrected chi connectivity index (χ3v) is 6.25. The molecule has 0 spiro atoms. The quantitative estimate of drug-likeness (QED) is 0.720. The van der Waals surface area contributed by atoms with Crippen LogP contribution in [0.3, 0.4) is 0 Å². The molecule has 1 aliphatic carbocycles. The zero-order chi connectivity index (χ0) is 23.9. The molecule has 4 rings (SSSR count). The van der Waals surface area contributed by atoms with E-state index in [1.54, 1.807) is 19.2 Å². The molecule has 33 heavy (non-hydrogen) atoms. The van der Waals surface area contributed by atoms with Gasteiger partial charge in [0.05, 0.1) is 31.8 Å². The number of anilines is 1. The Morgan fingerprint density at radius 1 is 1.12 bits per heavy atom. The molecule has 1 unspecified atom stereocenters. The van der Waals surface area contributed by atoms with Crippen molar-refractivity contribution >= 4 is 11.5 Å². The molecular formula is C26H27N3O4. The highest BCUT2D eigenvalue weighted by Crippen LogP contribution is 2.50. The van der Waals surface area contributed by atoms with Crippen molar-refractivity contribution in [1.82, 2.24) is 0 Å². The number of Topliss-reactive ketones (excluding diaryl/α,β-unsaturated/α-hetero) is 1. The molecule has 0 amide bonds. The van der Waals surface area contributed by atoms with Gasteiger partial charge < -0.3 is 20.3 Å². The van der Waals surface area contributed by atoms with Crippen LogP contribution >= 0.6 is 0 Å². The molecule has 1 atom stereocenters. The van der Waals surface area contributed by atoms with Crippen molar-refractivity contribution in [2.24, 2.45) is 11.1 Å². The van der Waals surface area contributed by atoms with Gasteiger partial charge in [-0.25, -0.2) is 0 Å². The van der Waals surface area contributed by atoms with Crippen LogP contribution in [0.5, 0.6) is 17.2 Å². The highest BCUT2D eigenvalue weighted by Gasteiger charge is 2.44. The number of phenolic OH excluding ortho intramolecular Hbond substituents is 1. The highest BCUT2D eigenvalue weighted by atomic mass is 16.5. The number of nitrogens with zero attached hydrogens (tertiary/aromatic N) is 2. The van der Waals surface area contributed by atoms with Gasteiger partial charge >= 0.3 is 0 Å². The molecule has 7 heteroatoms. The van der Waals surface area contributed by atoms with Crippen molar-refractivity contribution in [3.8, 4) is 23.3 Å². The van der Waals surface area contributed by atoms with Gasteiger partial charge in [0.1, 0.15) is 11.6 Å². The first kappa shape index (κ1) is 22.3. The van der Waals surface area contributed by atoms with E-state index >= 15 is 0 Å². The summed E-state index contributed by atoms with van der Waals surface area (Å²) < 4.78 is 10.6. The van der Waals surface area contributed by atoms with E-state index in [9.17, 15) is 15.2 Å². The molecule has 0 saturated heterocycles. The molecular weight excluding hydrogens is 418 g/mol. The van der Waals surface area contributed by atoms with E-state index in [4.69, 9.17) is 15.2 Å². The number of carbonyl (C=O) groups is 1. The van der Waals surface area contributed by atoms with Gasteiger partial charge in [0.25, 0.3) is 0 Å². The smallest absolute Gasteiger partial charge is 0.162 e. The van der Waals surface area contributed by atoms with E-state index in [-0.39, 0.29) is 34.1 Å². The number of ketones is 1. The largest absolute Gasteiger partial charge is 0.504 e. The van der Waals surface area contributed by atoms with Gasteiger partial charge in [-0.05, 0) is 53.8 Å². The summed E-state index contributed by atoms with van der Waals surface area (Å²) in [5.74, 6) is 0.574. The molecule has 0 aromatic heterocycles. The van der Waals surface area contributed by atoms with Crippen molar-refractivity contribution in [2.45, 2.75) is 32.6 Å². The standard InChI is InChI=1S/C26H27N3O4/c1-26(2)12-19-24(21(31)13-26)23(15-5-10-20(30)22(11-15)33-4)18(14-27)25(28)29(19)16-6-8-17(32-3)9-7-16/h5-11,23,30H,12-13,28H2,1-4H3. The third kappa shape index (κ3) is 3.78. The van der Waals surface area contributed by atoms with Crippen molar-refractivity contribution in [1.29, 1.82) is 5.26 Å². The number of nitrogens with two attached hydrogens (primary N) is 1. The maximum Gasteiger partial charge on any atom is 0.162 e. The second-order valence-corrected chi connectivity index (χ2v) is 9.11. The Morgan fingerprint density at radius 2 is 1.82 bits per heavy atom. The molecule has 2 aliphatic rings. The lowest BCUT2D eigenvalue weighted by Gasteiger charge is -2.43. The summed E-state index contributed by atoms with van der Waals surface area (Å²) in [6, 6.07) is 14.5. The minimum absolute atomic E-state index is 0.0160. The SMILES string of the molecule is COc1ccc(N2C(N)=C(C#N)C(c3ccc(O)c(OC)c3)C3=C2CC(C)(C)CC3=O)cc1. The van der Waals surface area contributed by atoms with Gasteiger partial charge in [0.2, 0.25) is 0 Å². The zero-order valence-corrected chi connectivity index (χ0v) is 19.2. The first-order valence-electron chi connectivity index (χ1n) is 10.7. The summed E-state index contributed by atoms with van der Waals surface area (Å²) >= 11 is 0. The summed E-state index contributed by atoms with van der Waals surface area (Å²) in [6.45, 7) is 4.11. The second kappa shape index (κ2) is 8.21. The van der Waals surface area contributed by atoms with Gasteiger partial charge in [0.15, 0.2) is 17.3 Å². The first-order chi connectivity index (χ1) is 15.7. The average molecular weight is 446 g/mol. The fourth-order valence-corrected chi connectivity index (χ4v) is 4.74. The van der Waals surface area contributed by atoms with E-state index in [2.05, 4.69) is 19.9 Å². The molecule has 170 valence electrons. The Hall–Kier alpha value is -3.92. The normalized spacial score (nSPS) is 19.8. The van der Waals surface area contributed by atoms with Crippen LogP contribution in [0.2, 0.25) is 0 Å². The number of hydrogen-bond donors (Lipinski definition) is 2. The van der Waals surface area contributed by atoms with E-state index in [1.807, 2.05) is 29.2 Å². The minimum atomic E-state index is -0.641. The van der Waals surface area contributed by atoms with E-state index < -0.39 is 5.92 Å². The Labute approximate surface area is 193 Å². The van der Waals surface area contributed by atoms with Crippen molar-refractivity contribution in [2.75, 3.05) is 19.1 Å². The lowest BCUT2D eigenvalue weighted by atomic mass is 9.68. The highest BCUT2D eigenvalue weighted by molar-refractivity contribution is 6.01. The number of hydrogen-bond acceptors (Lipinski definition) is 7. The molecule has 0 bridgehead atoms. The predicted octanol–water partition coefficient (Wildman–Crippen LogP) is 4.35. The first-order valence-corrected chi connectivity index (χ1v) is 10.7. The van der Waals surface area contributed by atoms with E-state index in [1.165, 1.54) is 13.2 Å². The van der Waals surface area contributed by atoms with Crippen LogP contribution in [0.4, 0.5) is 5.69 Å². The molecule has 3 N–H and O–H groups in total. The lowest BCUT2D eigenvalue weighted by molar-refractivity contribution is -0.118. The van der Waals surface area contributed by atoms with Crippen LogP contribution in [0.15, 0.2) is 65.1 Å². The molecule has 0 saturated carbocycles. The van der Waals surface area contributed by atoms with Gasteiger partial charge in [-0.1, -0.05) is 19.9 Å². The number of nitriles is 1. The molecule has 0 fully saturated rings. The fourth-order valence-electron chi connectivity index (χ4n) is 4.74. The van der Waals surface area contributed by atoms with Crippen LogP contribution in [0, 0.1) is 16.7 Å². The molecule has 1 aliphatic heterocycles. The Kier molecular flexibility index (Phi) is 5.54. The number of ether oxygens (including phenoxy) is 2. The number of allylic oxidation sites excluding steroid dienone is 3. The average Bonchev–Trinajstić information content (AvgIpc) is 2.78. The maximum absolute atomic E-state index is 13.5. The van der Waals surface area contributed by atoms with Gasteiger partial charge in [0, 0.05) is 23.4 Å². The van der Waals surface area contributed by atoms with Gasteiger partial charge in [-0.3, -0.25) is 9.69 Å². The Morgan fingerprint density at radius 3 is 2.42 bits per heavy atom. The maximum atomic E-state index is 13.5. The fraction of sp³-hybridized carbons (Fsp3) is 0.308. The summed E-state index contributed by atoms with van der Waals surface area (Å²) in [4.78, 5) is 15.4. The summed E-state index contributed by atoms with van der Waals surface area (Å²) in [5, 5.41) is 20.2. The second-order valence-electron chi connectivity index (χ2n) is 9.11. The number of carbonyl (C=O) groups excluding carboxylic acids is 1. The van der Waals surface area contributed by atoms with Gasteiger partial charge in [-0.15, -0.1) is 0 Å². The van der Waals surface area contributed by atoms with Crippen molar-refractivity contribution in [3.05, 3.63) is 70.7 Å². The summed E-state index contributed by atoms with van der Waals surface area (Å²) in [5.41, 5.74) is 9.41. The zero-order valence-electron chi connectivity index (χ0n) is 19.2. The molecule has 2 aromatic rings. The summed E-state index contributed by atoms with van der Waals surface area (Å²) in [7, 11) is 3.05. The monoisotopic (exact) mass is 445 g/mol. The van der Waals surface area contributed by atoms with Crippen molar-refractivity contribution in [3.63, 3.8) is 0 Å². The van der Waals surface area contributed by atoms with Gasteiger partial charge in [-0.2, -0.15) is 5.26 Å². The van der Waals surface area contributed by atoms with Crippen LogP contribution in [0.25, 0.3) is 0 Å². The van der Waals surface area contributed by atoms with Crippen LogP contribution in [-0.2, 0) is 4.79 Å². The molecule has 7 nitrogen and oxygen atoms in total. The minimum Gasteiger partial charge on any atom is -0.504 e. The molecule has 1 heterocycles.